The van der Waals surface area contributed by atoms with Crippen LogP contribution in [0.4, 0.5) is 34.1 Å². The molecule has 6 nitrogen and oxygen atoms in total. The van der Waals surface area contributed by atoms with Gasteiger partial charge in [0.05, 0.1) is 33.4 Å². The maximum atomic E-state index is 10.1. The average Bonchev–Trinajstić information content (AvgIpc) is 1.36. The van der Waals surface area contributed by atoms with E-state index in [1.807, 2.05) is 48.5 Å². The number of furan rings is 3. The summed E-state index contributed by atoms with van der Waals surface area (Å²) in [5.41, 5.74) is 27.2. The molecule has 0 N–H and O–H groups in total. The molecule has 23 rings (SSSR count). The van der Waals surface area contributed by atoms with Gasteiger partial charge >= 0.3 is 0 Å². The number of benzene rings is 17. The molecule has 4 aromatic heterocycles. The predicted octanol–water partition coefficient (Wildman–Crippen LogP) is 28.8. The molecule has 0 amide bonds. The number of hydrogen-bond acceptors (Lipinski definition) is 5. The molecule has 17 aromatic carbocycles. The minimum Gasteiger partial charge on any atom is -0.456 e. The first-order chi connectivity index (χ1) is 60.6. The minimum absolute atomic E-state index is 0.00649. The maximum Gasteiger partial charge on any atom is 0.252 e. The second-order valence-corrected chi connectivity index (χ2v) is 33.2. The summed E-state index contributed by atoms with van der Waals surface area (Å²) in [4.78, 5) is 5.02. The first-order valence-corrected chi connectivity index (χ1v) is 40.1. The zero-order valence-electron chi connectivity index (χ0n) is 73.2. The van der Waals surface area contributed by atoms with Gasteiger partial charge in [0, 0.05) is 105 Å². The van der Waals surface area contributed by atoms with Crippen molar-refractivity contribution in [3.05, 3.63) is 375 Å². The van der Waals surface area contributed by atoms with Crippen LogP contribution >= 0.6 is 0 Å². The zero-order valence-corrected chi connectivity index (χ0v) is 65.2. The highest BCUT2D eigenvalue weighted by Gasteiger charge is 2.47. The van der Waals surface area contributed by atoms with Crippen LogP contribution < -0.4 is 26.2 Å². The van der Waals surface area contributed by atoms with E-state index in [-0.39, 0.29) is 21.8 Å². The van der Waals surface area contributed by atoms with Crippen molar-refractivity contribution in [2.24, 2.45) is 0 Å². The van der Waals surface area contributed by atoms with E-state index in [2.05, 4.69) is 318 Å². The Kier molecular flexibility index (Phi) is 13.4. The molecule has 0 radical (unpaired) electrons. The minimum atomic E-state index is -0.625. The maximum absolute atomic E-state index is 10.1. The van der Waals surface area contributed by atoms with E-state index in [1.165, 1.54) is 0 Å². The Bertz CT molecular complexity index is 8120. The summed E-state index contributed by atoms with van der Waals surface area (Å²) in [6.07, 6.45) is 0. The lowest BCUT2D eigenvalue weighted by molar-refractivity contribution is 0.590. The molecule has 0 bridgehead atoms. The first-order valence-electron chi connectivity index (χ1n) is 44.1. The SMILES string of the molecule is [2H]c1c([2H])c([2H])c2c(c1[2H])c1c([2H])c([2H])c([2H])c([2H])c1n2-c1ccc2c(c1)N(c1c(-c3ccccc3)cc(C(C)(C)C)cc1-c1cccc3c1oc1ccccc13)c1cc(-c3ccc4oc5ccccc5c4c3)cc3c1B2c1ccc(-c2ccccc2-c2ccccc2)cc1N3c1c(-c2ccccc2)cc(C(C)(C)C)cc1-c1cccc2c1oc1ccccc12. The van der Waals surface area contributed by atoms with Gasteiger partial charge in [0.1, 0.15) is 33.5 Å². The first kappa shape index (κ1) is 60.2. The number of para-hydroxylation sites is 7. The molecule has 6 heterocycles. The largest absolute Gasteiger partial charge is 0.456 e. The molecule has 0 saturated carbocycles. The topological polar surface area (TPSA) is 50.8 Å². The molecule has 0 fully saturated rings. The summed E-state index contributed by atoms with van der Waals surface area (Å²) in [5.74, 6) is 0. The molecule has 0 unspecified atom stereocenters. The van der Waals surface area contributed by atoms with Crippen LogP contribution in [0.2, 0.25) is 0 Å². The number of anilines is 6. The highest BCUT2D eigenvalue weighted by molar-refractivity contribution is 7.00. The van der Waals surface area contributed by atoms with Crippen molar-refractivity contribution in [3.8, 4) is 83.6 Å². The third-order valence-electron chi connectivity index (χ3n) is 24.3. The molecule has 0 atom stereocenters. The van der Waals surface area contributed by atoms with Gasteiger partial charge in [0.2, 0.25) is 0 Å². The monoisotopic (exact) mass is 1510 g/mol. The highest BCUT2D eigenvalue weighted by Crippen LogP contribution is 2.58. The van der Waals surface area contributed by atoms with Crippen molar-refractivity contribution in [2.75, 3.05) is 9.80 Å². The normalized spacial score (nSPS) is 13.8. The number of hydrogen-bond donors (Lipinski definition) is 0. The van der Waals surface area contributed by atoms with Gasteiger partial charge < -0.3 is 27.6 Å². The summed E-state index contributed by atoms with van der Waals surface area (Å²) in [5, 5.41) is 5.77. The average molecular weight is 1510 g/mol. The van der Waals surface area contributed by atoms with Gasteiger partial charge in [-0.2, -0.15) is 0 Å². The highest BCUT2D eigenvalue weighted by atomic mass is 16.3. The fraction of sp³-hybridized carbons (Fsp3) is 0.0727. The lowest BCUT2D eigenvalue weighted by Crippen LogP contribution is -2.61. The summed E-state index contributed by atoms with van der Waals surface area (Å²) in [6, 6.07) is 109. The fourth-order valence-corrected chi connectivity index (χ4v) is 18.7. The van der Waals surface area contributed by atoms with E-state index < -0.39 is 65.9 Å². The second-order valence-electron chi connectivity index (χ2n) is 33.2. The molecule has 0 saturated heterocycles. The van der Waals surface area contributed by atoms with Crippen molar-refractivity contribution in [2.45, 2.75) is 52.4 Å². The third kappa shape index (κ3) is 10.7. The van der Waals surface area contributed by atoms with E-state index in [1.54, 1.807) is 4.57 Å². The Morgan fingerprint density at radius 3 is 1.19 bits per heavy atom. The summed E-state index contributed by atoms with van der Waals surface area (Å²) < 4.78 is 100. The Hall–Kier alpha value is -14.4. The summed E-state index contributed by atoms with van der Waals surface area (Å²) >= 11 is 0. The number of aromatic nitrogens is 1. The third-order valence-corrected chi connectivity index (χ3v) is 24.3. The molecule has 2 aliphatic heterocycles. The Labute approximate surface area is 690 Å². The van der Waals surface area contributed by atoms with Gasteiger partial charge in [-0.25, -0.2) is 0 Å². The lowest BCUT2D eigenvalue weighted by atomic mass is 9.33. The molecule has 554 valence electrons. The molecule has 21 aromatic rings. The molecule has 0 spiro atoms. The van der Waals surface area contributed by atoms with Gasteiger partial charge in [-0.05, 0) is 180 Å². The van der Waals surface area contributed by atoms with Crippen LogP contribution in [0, 0.1) is 0 Å². The van der Waals surface area contributed by atoms with E-state index >= 15 is 0 Å². The second kappa shape index (κ2) is 26.1. The van der Waals surface area contributed by atoms with Crippen LogP contribution in [0.5, 0.6) is 0 Å². The number of nitrogens with zero attached hydrogens (tertiary/aromatic N) is 3. The fourth-order valence-electron chi connectivity index (χ4n) is 18.7. The quantitative estimate of drug-likeness (QED) is 0.128. The predicted molar refractivity (Wildman–Crippen MR) is 492 cm³/mol. The van der Waals surface area contributed by atoms with Gasteiger partial charge in [-0.1, -0.05) is 308 Å². The summed E-state index contributed by atoms with van der Waals surface area (Å²) in [6.45, 7) is 13.0. The molecule has 0 aliphatic carbocycles. The molecule has 7 heteroatoms. The van der Waals surface area contributed by atoms with Crippen LogP contribution in [0.25, 0.3) is 171 Å². The van der Waals surface area contributed by atoms with Crippen molar-refractivity contribution in [1.82, 2.24) is 4.57 Å². The van der Waals surface area contributed by atoms with Crippen LogP contribution in [-0.2, 0) is 10.8 Å². The van der Waals surface area contributed by atoms with Crippen LogP contribution in [-0.4, -0.2) is 11.3 Å². The zero-order chi connectivity index (χ0) is 85.1. The standard InChI is InChI=1S/C110H78BN3O3/c1-109(2,3)73-62-87(68-32-12-8-13-33-68)105(90(64-73)85-45-28-43-83-80-40-20-26-50-101(80)116-107(83)85)113-96-59-71(77-37-17-16-36-76(77)67-30-10-7-11-31-67)52-55-92(96)111-93-56-54-75(112-94-47-23-18-38-78(94)79-39-19-24-48-95(79)112)66-97(93)114(99-61-72(60-98(113)104(99)111)70-53-57-103-89(58-70)82-42-22-25-49-100(82)115-103)106-88(69-34-14-9-15-35-69)63-74(110(4,5)6)65-91(106)86-46-29-44-84-81-41-21-27-51-102(81)117-108(84)86/h7-66H,1-6H3/i18D,19D,23D,24D,38D,39D,47D,48D. The Morgan fingerprint density at radius 1 is 0.274 bits per heavy atom. The number of fused-ring (bicyclic) bond motifs is 16. The molecule has 117 heavy (non-hydrogen) atoms. The van der Waals surface area contributed by atoms with Gasteiger partial charge in [0.15, 0.2) is 0 Å². The van der Waals surface area contributed by atoms with Crippen molar-refractivity contribution in [1.29, 1.82) is 0 Å². The smallest absolute Gasteiger partial charge is 0.252 e. The van der Waals surface area contributed by atoms with E-state index in [9.17, 15) is 11.0 Å². The Balaban J connectivity index is 0.944. The van der Waals surface area contributed by atoms with Crippen LogP contribution in [0.1, 0.15) is 63.6 Å². The van der Waals surface area contributed by atoms with Crippen molar-refractivity contribution >= 4 is 145 Å². The van der Waals surface area contributed by atoms with E-state index in [0.717, 1.165) is 194 Å². The molecular weight excluding hydrogens is 1420 g/mol. The summed E-state index contributed by atoms with van der Waals surface area (Å²) in [7, 11) is 0. The van der Waals surface area contributed by atoms with Gasteiger partial charge in [0.25, 0.3) is 6.71 Å². The molecular formula is C110H78BN3O3. The number of rotatable bonds is 10. The van der Waals surface area contributed by atoms with Crippen LogP contribution in [0.3, 0.4) is 0 Å². The van der Waals surface area contributed by atoms with Crippen molar-refractivity contribution in [3.63, 3.8) is 0 Å². The molecule has 2 aliphatic rings. The lowest BCUT2D eigenvalue weighted by Gasteiger charge is -2.46. The van der Waals surface area contributed by atoms with E-state index in [0.29, 0.717) is 17.0 Å². The van der Waals surface area contributed by atoms with Gasteiger partial charge in [-0.3, -0.25) is 0 Å². The van der Waals surface area contributed by atoms with Crippen LogP contribution in [0.15, 0.2) is 377 Å². The van der Waals surface area contributed by atoms with Gasteiger partial charge in [-0.15, -0.1) is 0 Å². The Morgan fingerprint density at radius 2 is 0.667 bits per heavy atom. The van der Waals surface area contributed by atoms with E-state index in [4.69, 9.17) is 13.3 Å². The van der Waals surface area contributed by atoms with Crippen molar-refractivity contribution < 1.29 is 24.2 Å².